The van der Waals surface area contributed by atoms with E-state index in [0.29, 0.717) is 0 Å². The molecule has 0 amide bonds. The van der Waals surface area contributed by atoms with Gasteiger partial charge in [-0.1, -0.05) is 36.8 Å². The molecule has 0 aliphatic heterocycles. The second-order valence-electron chi connectivity index (χ2n) is 3.54. The molecule has 0 atom stereocenters. The van der Waals surface area contributed by atoms with Gasteiger partial charge in [-0.2, -0.15) is 0 Å². The van der Waals surface area contributed by atoms with Crippen LogP contribution in [0.15, 0.2) is 24.4 Å². The highest BCUT2D eigenvalue weighted by molar-refractivity contribution is 5.67. The first-order chi connectivity index (χ1) is 6.90. The first kappa shape index (κ1) is 9.19. The number of aromatic nitrogens is 3. The minimum Gasteiger partial charge on any atom is -0.252 e. The zero-order valence-corrected chi connectivity index (χ0v) is 8.48. The molecule has 0 unspecified atom stereocenters. The number of nitrogens with zero attached hydrogens (tertiary/aromatic N) is 3. The van der Waals surface area contributed by atoms with Crippen LogP contribution in [-0.2, 0) is 6.54 Å². The zero-order valence-electron chi connectivity index (χ0n) is 8.48. The predicted molar refractivity (Wildman–Crippen MR) is 56.7 cm³/mol. The molecule has 2 rings (SSSR count). The minimum atomic E-state index is 0.976. The van der Waals surface area contributed by atoms with Crippen molar-refractivity contribution in [3.8, 4) is 0 Å². The van der Waals surface area contributed by atoms with Gasteiger partial charge in [0.15, 0.2) is 0 Å². The summed E-state index contributed by atoms with van der Waals surface area (Å²) < 4.78 is 1.93. The molecular weight excluding hydrogens is 174 g/mol. The van der Waals surface area contributed by atoms with E-state index in [2.05, 4.69) is 35.5 Å². The van der Waals surface area contributed by atoms with E-state index in [1.54, 1.807) is 0 Å². The third-order valence-electron chi connectivity index (χ3n) is 2.38. The molecule has 0 N–H and O–H groups in total. The van der Waals surface area contributed by atoms with Gasteiger partial charge in [-0.15, -0.1) is 5.10 Å². The molecule has 74 valence electrons. The van der Waals surface area contributed by atoms with Crippen LogP contribution in [0.25, 0.3) is 5.57 Å². The molecular formula is C11H15N3. The van der Waals surface area contributed by atoms with Crippen LogP contribution in [0.5, 0.6) is 0 Å². The fourth-order valence-corrected chi connectivity index (χ4v) is 1.51. The molecule has 14 heavy (non-hydrogen) atoms. The molecule has 1 heterocycles. The molecule has 1 aromatic rings. The van der Waals surface area contributed by atoms with Crippen molar-refractivity contribution in [2.75, 3.05) is 0 Å². The minimum absolute atomic E-state index is 0.976. The maximum absolute atomic E-state index is 4.16. The van der Waals surface area contributed by atoms with Crippen molar-refractivity contribution in [1.29, 1.82) is 0 Å². The number of unbranched alkanes of at least 4 members (excludes halogenated alkanes) is 1. The van der Waals surface area contributed by atoms with Crippen molar-refractivity contribution in [1.82, 2.24) is 15.0 Å². The molecule has 0 radical (unpaired) electrons. The van der Waals surface area contributed by atoms with Crippen LogP contribution >= 0.6 is 0 Å². The van der Waals surface area contributed by atoms with Crippen molar-refractivity contribution >= 4 is 5.57 Å². The Morgan fingerprint density at radius 3 is 3.14 bits per heavy atom. The van der Waals surface area contributed by atoms with Gasteiger partial charge < -0.3 is 0 Å². The molecule has 0 saturated carbocycles. The van der Waals surface area contributed by atoms with Gasteiger partial charge in [0.25, 0.3) is 0 Å². The lowest BCUT2D eigenvalue weighted by molar-refractivity contribution is 0.553. The lowest BCUT2D eigenvalue weighted by Gasteiger charge is -1.96. The highest BCUT2D eigenvalue weighted by Gasteiger charge is 2.07. The van der Waals surface area contributed by atoms with E-state index < -0.39 is 0 Å². The van der Waals surface area contributed by atoms with Gasteiger partial charge in [-0.05, 0) is 18.4 Å². The standard InChI is InChI=1S/C11H15N3/c1-2-3-8-14-9-11(12-13-14)10-6-4-5-7-10/h4-6,9H,2-3,7-8H2,1H3. The Hall–Kier alpha value is -1.38. The summed E-state index contributed by atoms with van der Waals surface area (Å²) >= 11 is 0. The quantitative estimate of drug-likeness (QED) is 0.728. The number of rotatable bonds is 4. The van der Waals surface area contributed by atoms with Gasteiger partial charge in [0.2, 0.25) is 0 Å². The van der Waals surface area contributed by atoms with Gasteiger partial charge in [0.05, 0.1) is 6.20 Å². The Bertz CT molecular complexity index is 360. The molecule has 0 aromatic carbocycles. The van der Waals surface area contributed by atoms with Crippen LogP contribution in [0.2, 0.25) is 0 Å². The highest BCUT2D eigenvalue weighted by atomic mass is 15.4. The van der Waals surface area contributed by atoms with Gasteiger partial charge in [-0.25, -0.2) is 0 Å². The van der Waals surface area contributed by atoms with Crippen LogP contribution in [0.3, 0.4) is 0 Å². The molecule has 0 saturated heterocycles. The summed E-state index contributed by atoms with van der Waals surface area (Å²) in [7, 11) is 0. The number of aryl methyl sites for hydroxylation is 1. The molecule has 1 aliphatic carbocycles. The van der Waals surface area contributed by atoms with E-state index in [4.69, 9.17) is 0 Å². The summed E-state index contributed by atoms with van der Waals surface area (Å²) in [5.74, 6) is 0. The summed E-state index contributed by atoms with van der Waals surface area (Å²) in [6, 6.07) is 0. The number of allylic oxidation sites excluding steroid dienone is 4. The first-order valence-corrected chi connectivity index (χ1v) is 5.16. The summed E-state index contributed by atoms with van der Waals surface area (Å²) in [4.78, 5) is 0. The van der Waals surface area contributed by atoms with Crippen LogP contribution in [0, 0.1) is 0 Å². The van der Waals surface area contributed by atoms with Gasteiger partial charge in [0, 0.05) is 6.54 Å². The van der Waals surface area contributed by atoms with Crippen LogP contribution in [0.4, 0.5) is 0 Å². The maximum Gasteiger partial charge on any atom is 0.109 e. The second kappa shape index (κ2) is 4.22. The third kappa shape index (κ3) is 1.92. The van der Waals surface area contributed by atoms with Gasteiger partial charge in [-0.3, -0.25) is 4.68 Å². The van der Waals surface area contributed by atoms with E-state index in [-0.39, 0.29) is 0 Å². The Morgan fingerprint density at radius 1 is 1.50 bits per heavy atom. The first-order valence-electron chi connectivity index (χ1n) is 5.16. The lowest BCUT2D eigenvalue weighted by Crippen LogP contribution is -1.97. The van der Waals surface area contributed by atoms with Crippen molar-refractivity contribution in [2.45, 2.75) is 32.7 Å². The largest absolute Gasteiger partial charge is 0.252 e. The maximum atomic E-state index is 4.16. The summed E-state index contributed by atoms with van der Waals surface area (Å²) in [6.45, 7) is 3.16. The average Bonchev–Trinajstić information content (AvgIpc) is 2.85. The van der Waals surface area contributed by atoms with Crippen molar-refractivity contribution in [2.24, 2.45) is 0 Å². The van der Waals surface area contributed by atoms with Crippen molar-refractivity contribution in [3.63, 3.8) is 0 Å². The number of hydrogen-bond donors (Lipinski definition) is 0. The van der Waals surface area contributed by atoms with Crippen LogP contribution in [-0.4, -0.2) is 15.0 Å². The van der Waals surface area contributed by atoms with Gasteiger partial charge in [0.1, 0.15) is 5.69 Å². The van der Waals surface area contributed by atoms with Crippen molar-refractivity contribution in [3.05, 3.63) is 30.1 Å². The van der Waals surface area contributed by atoms with E-state index in [9.17, 15) is 0 Å². The highest BCUT2D eigenvalue weighted by Crippen LogP contribution is 2.20. The topological polar surface area (TPSA) is 30.7 Å². The molecule has 0 fully saturated rings. The molecule has 0 spiro atoms. The fourth-order valence-electron chi connectivity index (χ4n) is 1.51. The van der Waals surface area contributed by atoms with E-state index >= 15 is 0 Å². The van der Waals surface area contributed by atoms with E-state index in [1.165, 1.54) is 18.4 Å². The van der Waals surface area contributed by atoms with Crippen LogP contribution in [0.1, 0.15) is 31.9 Å². The van der Waals surface area contributed by atoms with Crippen LogP contribution < -0.4 is 0 Å². The summed E-state index contributed by atoms with van der Waals surface area (Å²) in [5.41, 5.74) is 2.29. The van der Waals surface area contributed by atoms with Gasteiger partial charge >= 0.3 is 0 Å². The predicted octanol–water partition coefficient (Wildman–Crippen LogP) is 2.42. The summed E-state index contributed by atoms with van der Waals surface area (Å²) in [6.07, 6.45) is 11.7. The monoisotopic (exact) mass is 189 g/mol. The fraction of sp³-hybridized carbons (Fsp3) is 0.455. The smallest absolute Gasteiger partial charge is 0.109 e. The zero-order chi connectivity index (χ0) is 9.80. The molecule has 0 bridgehead atoms. The SMILES string of the molecule is CCCCn1cc(C2=CC=CC2)nn1. The lowest BCUT2D eigenvalue weighted by atomic mass is 10.2. The third-order valence-corrected chi connectivity index (χ3v) is 2.38. The van der Waals surface area contributed by atoms with E-state index in [1.807, 2.05) is 10.9 Å². The second-order valence-corrected chi connectivity index (χ2v) is 3.54. The molecule has 1 aromatic heterocycles. The Labute approximate surface area is 84.1 Å². The molecule has 1 aliphatic rings. The Balaban J connectivity index is 2.02. The average molecular weight is 189 g/mol. The Morgan fingerprint density at radius 2 is 2.43 bits per heavy atom. The van der Waals surface area contributed by atoms with Crippen molar-refractivity contribution < 1.29 is 0 Å². The summed E-state index contributed by atoms with van der Waals surface area (Å²) in [5, 5.41) is 8.25. The normalized spacial score (nSPS) is 14.8. The van der Waals surface area contributed by atoms with E-state index in [0.717, 1.165) is 18.7 Å². The molecule has 3 heteroatoms. The molecule has 3 nitrogen and oxygen atoms in total. The Kier molecular flexibility index (Phi) is 2.77. The number of hydrogen-bond acceptors (Lipinski definition) is 2.